The van der Waals surface area contributed by atoms with E-state index in [0.717, 1.165) is 17.3 Å². The van der Waals surface area contributed by atoms with Crippen LogP contribution < -0.4 is 0 Å². The lowest BCUT2D eigenvalue weighted by atomic mass is 9.73. The largest absolute Gasteiger partial charge is 0.0625 e. The van der Waals surface area contributed by atoms with Gasteiger partial charge >= 0.3 is 0 Å². The molecule has 0 aliphatic heterocycles. The summed E-state index contributed by atoms with van der Waals surface area (Å²) in [5.41, 5.74) is 0.766. The van der Waals surface area contributed by atoms with Gasteiger partial charge in [0.25, 0.3) is 0 Å². The van der Waals surface area contributed by atoms with Crippen LogP contribution in [-0.2, 0) is 0 Å². The van der Waals surface area contributed by atoms with E-state index in [-0.39, 0.29) is 0 Å². The zero-order chi connectivity index (χ0) is 7.19. The summed E-state index contributed by atoms with van der Waals surface area (Å²) in [5.74, 6) is 2.12. The van der Waals surface area contributed by atoms with Gasteiger partial charge in [-0.3, -0.25) is 0 Å². The maximum Gasteiger partial charge on any atom is -0.0321 e. The molecule has 0 unspecified atom stereocenters. The van der Waals surface area contributed by atoms with Crippen LogP contribution in [0.1, 0.15) is 46.0 Å². The lowest BCUT2D eigenvalue weighted by Crippen LogP contribution is -2.21. The van der Waals surface area contributed by atoms with Gasteiger partial charge in [0.15, 0.2) is 0 Å². The fourth-order valence-electron chi connectivity index (χ4n) is 3.33. The Hall–Kier alpha value is 0. The fourth-order valence-corrected chi connectivity index (χ4v) is 3.33. The van der Waals surface area contributed by atoms with Gasteiger partial charge in [0.05, 0.1) is 0 Å². The van der Waals surface area contributed by atoms with Gasteiger partial charge in [-0.15, -0.1) is 0 Å². The fraction of sp³-hybridized carbons (Fsp3) is 1.00. The molecule has 2 bridgehead atoms. The molecule has 0 aromatic rings. The van der Waals surface area contributed by atoms with Crippen LogP contribution in [0.3, 0.4) is 0 Å². The van der Waals surface area contributed by atoms with Crippen molar-refractivity contribution in [1.29, 1.82) is 0 Å². The highest BCUT2D eigenvalue weighted by atomic mass is 14.5. The molecule has 2 aliphatic carbocycles. The smallest absolute Gasteiger partial charge is 0.0321 e. The Morgan fingerprint density at radius 1 is 1.30 bits per heavy atom. The first-order chi connectivity index (χ1) is 4.68. The number of fused-ring (bicyclic) bond motifs is 2. The van der Waals surface area contributed by atoms with Gasteiger partial charge in [-0.1, -0.05) is 13.8 Å². The summed E-state index contributed by atoms with van der Waals surface area (Å²) in [6.45, 7) is 4.92. The van der Waals surface area contributed by atoms with Crippen LogP contribution in [0.25, 0.3) is 0 Å². The second kappa shape index (κ2) is 1.99. The third kappa shape index (κ3) is 0.980. The summed E-state index contributed by atoms with van der Waals surface area (Å²) in [6.07, 6.45) is 7.61. The molecule has 2 fully saturated rings. The molecule has 0 heteroatoms. The SMILES string of the molecule is C[C@H]1C[C@H]2CC[C@@](C)(C1)C2. The second-order valence-electron chi connectivity index (χ2n) is 4.96. The molecule has 0 spiro atoms. The van der Waals surface area contributed by atoms with Crippen molar-refractivity contribution in [3.63, 3.8) is 0 Å². The number of hydrogen-bond acceptors (Lipinski definition) is 0. The molecule has 2 aliphatic rings. The summed E-state index contributed by atoms with van der Waals surface area (Å²) in [4.78, 5) is 0. The normalized spacial score (nSPS) is 53.4. The first-order valence-corrected chi connectivity index (χ1v) is 4.68. The highest BCUT2D eigenvalue weighted by Gasteiger charge is 2.40. The quantitative estimate of drug-likeness (QED) is 0.482. The Bertz CT molecular complexity index is 139. The van der Waals surface area contributed by atoms with Crippen LogP contribution >= 0.6 is 0 Å². The van der Waals surface area contributed by atoms with E-state index in [9.17, 15) is 0 Å². The number of hydrogen-bond donors (Lipinski definition) is 0. The van der Waals surface area contributed by atoms with Crippen LogP contribution in [-0.4, -0.2) is 0 Å². The molecule has 2 rings (SSSR count). The van der Waals surface area contributed by atoms with E-state index in [2.05, 4.69) is 13.8 Å². The maximum absolute atomic E-state index is 2.49. The minimum absolute atomic E-state index is 0.766. The van der Waals surface area contributed by atoms with E-state index in [0.29, 0.717) is 0 Å². The molecule has 0 saturated heterocycles. The predicted molar refractivity (Wildman–Crippen MR) is 43.8 cm³/mol. The summed E-state index contributed by atoms with van der Waals surface area (Å²) in [7, 11) is 0. The molecule has 0 radical (unpaired) electrons. The van der Waals surface area contributed by atoms with Crippen molar-refractivity contribution < 1.29 is 0 Å². The van der Waals surface area contributed by atoms with Crippen LogP contribution in [0.2, 0.25) is 0 Å². The van der Waals surface area contributed by atoms with Crippen LogP contribution in [0, 0.1) is 17.3 Å². The molecule has 3 atom stereocenters. The molecule has 0 aromatic carbocycles. The van der Waals surface area contributed by atoms with Crippen molar-refractivity contribution in [1.82, 2.24) is 0 Å². The predicted octanol–water partition coefficient (Wildman–Crippen LogP) is 3.22. The molecule has 10 heavy (non-hydrogen) atoms. The minimum Gasteiger partial charge on any atom is -0.0625 e. The van der Waals surface area contributed by atoms with Gasteiger partial charge in [-0.05, 0) is 49.4 Å². The van der Waals surface area contributed by atoms with E-state index in [4.69, 9.17) is 0 Å². The van der Waals surface area contributed by atoms with E-state index in [1.54, 1.807) is 0 Å². The standard InChI is InChI=1S/C10H18/c1-8-5-9-3-4-10(2,6-8)7-9/h8-9H,3-7H2,1-2H3/t8-,9+,10-/m0/s1. The molecule has 58 valence electrons. The van der Waals surface area contributed by atoms with Gasteiger partial charge in [0, 0.05) is 0 Å². The lowest BCUT2D eigenvalue weighted by molar-refractivity contribution is 0.183. The molecule has 0 heterocycles. The average molecular weight is 138 g/mol. The first kappa shape index (κ1) is 6.69. The summed E-state index contributed by atoms with van der Waals surface area (Å²) < 4.78 is 0. The van der Waals surface area contributed by atoms with Gasteiger partial charge in [-0.2, -0.15) is 0 Å². The van der Waals surface area contributed by atoms with Crippen LogP contribution in [0.4, 0.5) is 0 Å². The van der Waals surface area contributed by atoms with Crippen molar-refractivity contribution in [2.24, 2.45) is 17.3 Å². The third-order valence-corrected chi connectivity index (χ3v) is 3.51. The van der Waals surface area contributed by atoms with Gasteiger partial charge in [-0.25, -0.2) is 0 Å². The zero-order valence-electron chi connectivity index (χ0n) is 7.19. The Morgan fingerprint density at radius 2 is 2.10 bits per heavy atom. The Balaban J connectivity index is 2.13. The third-order valence-electron chi connectivity index (χ3n) is 3.51. The lowest BCUT2D eigenvalue weighted by Gasteiger charge is -2.33. The summed E-state index contributed by atoms with van der Waals surface area (Å²) in [5, 5.41) is 0. The van der Waals surface area contributed by atoms with Crippen molar-refractivity contribution in [3.05, 3.63) is 0 Å². The Morgan fingerprint density at radius 3 is 2.80 bits per heavy atom. The monoisotopic (exact) mass is 138 g/mol. The maximum atomic E-state index is 2.49. The summed E-state index contributed by atoms with van der Waals surface area (Å²) in [6, 6.07) is 0. The molecular weight excluding hydrogens is 120 g/mol. The van der Waals surface area contributed by atoms with Crippen LogP contribution in [0.15, 0.2) is 0 Å². The zero-order valence-corrected chi connectivity index (χ0v) is 7.19. The second-order valence-corrected chi connectivity index (χ2v) is 4.96. The average Bonchev–Trinajstić information content (AvgIpc) is 2.06. The van der Waals surface area contributed by atoms with Gasteiger partial charge in [0.2, 0.25) is 0 Å². The van der Waals surface area contributed by atoms with Crippen molar-refractivity contribution in [3.8, 4) is 0 Å². The minimum atomic E-state index is 0.766. The summed E-state index contributed by atoms with van der Waals surface area (Å²) >= 11 is 0. The Labute approximate surface area is 64.0 Å². The molecular formula is C10H18. The molecule has 2 saturated carbocycles. The van der Waals surface area contributed by atoms with Gasteiger partial charge < -0.3 is 0 Å². The first-order valence-electron chi connectivity index (χ1n) is 4.68. The highest BCUT2D eigenvalue weighted by Crippen LogP contribution is 2.52. The molecule has 0 amide bonds. The van der Waals surface area contributed by atoms with E-state index >= 15 is 0 Å². The van der Waals surface area contributed by atoms with E-state index < -0.39 is 0 Å². The Kier molecular flexibility index (Phi) is 1.33. The molecule has 0 aromatic heterocycles. The molecule has 0 nitrogen and oxygen atoms in total. The van der Waals surface area contributed by atoms with E-state index in [1.807, 2.05) is 0 Å². The van der Waals surface area contributed by atoms with E-state index in [1.165, 1.54) is 32.1 Å². The topological polar surface area (TPSA) is 0 Å². The number of rotatable bonds is 0. The van der Waals surface area contributed by atoms with Crippen molar-refractivity contribution in [2.75, 3.05) is 0 Å². The van der Waals surface area contributed by atoms with Crippen molar-refractivity contribution >= 4 is 0 Å². The molecule has 0 N–H and O–H groups in total. The highest BCUT2D eigenvalue weighted by molar-refractivity contribution is 4.91. The van der Waals surface area contributed by atoms with Crippen molar-refractivity contribution in [2.45, 2.75) is 46.0 Å². The van der Waals surface area contributed by atoms with Gasteiger partial charge in [0.1, 0.15) is 0 Å². The van der Waals surface area contributed by atoms with Crippen LogP contribution in [0.5, 0.6) is 0 Å².